The lowest BCUT2D eigenvalue weighted by Gasteiger charge is -2.05. The number of benzene rings is 1. The van der Waals surface area contributed by atoms with Crippen molar-refractivity contribution in [1.82, 2.24) is 9.97 Å². The normalized spacial score (nSPS) is 12.3. The van der Waals surface area contributed by atoms with E-state index in [1.54, 1.807) is 19.2 Å². The van der Waals surface area contributed by atoms with E-state index in [0.717, 1.165) is 0 Å². The maximum absolute atomic E-state index is 7.32. The van der Waals surface area contributed by atoms with Crippen LogP contribution >= 0.6 is 0 Å². The number of fused-ring (bicyclic) bond motifs is 1. The van der Waals surface area contributed by atoms with Gasteiger partial charge in [0.1, 0.15) is 7.85 Å². The molecule has 0 unspecified atom stereocenters. The molecule has 5 heteroatoms. The Balaban J connectivity index is 2.68. The summed E-state index contributed by atoms with van der Waals surface area (Å²) in [7, 11) is 5.79. The second-order valence-electron chi connectivity index (χ2n) is 3.71. The average molecular weight is 222 g/mol. The molecule has 2 aromatic rings. The van der Waals surface area contributed by atoms with Crippen LogP contribution < -0.4 is 11.2 Å². The second kappa shape index (κ2) is 4.37. The molecular weight excluding hydrogens is 211 g/mol. The van der Waals surface area contributed by atoms with E-state index in [2.05, 4.69) is 9.97 Å². The number of nitrogens with zero attached hydrogens (tertiary/aromatic N) is 2. The van der Waals surface area contributed by atoms with Gasteiger partial charge in [0, 0.05) is 17.5 Å². The zero-order chi connectivity index (χ0) is 12.4. The van der Waals surface area contributed by atoms with Gasteiger partial charge in [0.15, 0.2) is 0 Å². The van der Waals surface area contributed by atoms with E-state index in [1.165, 1.54) is 6.21 Å². The number of aromatic nitrogens is 2. The summed E-state index contributed by atoms with van der Waals surface area (Å²) in [6.07, 6.45) is 2.76. The highest BCUT2D eigenvalue weighted by molar-refractivity contribution is 6.37. The van der Waals surface area contributed by atoms with Gasteiger partial charge in [-0.15, -0.1) is 0 Å². The number of nitrogens with two attached hydrogens (primary N) is 1. The largest absolute Gasteiger partial charge is 0.402 e. The van der Waals surface area contributed by atoms with E-state index in [-0.39, 0.29) is 0 Å². The molecule has 1 aromatic heterocycles. The van der Waals surface area contributed by atoms with Crippen molar-refractivity contribution >= 4 is 36.1 Å². The van der Waals surface area contributed by atoms with Crippen LogP contribution in [0.4, 0.5) is 0 Å². The molecule has 4 nitrogen and oxygen atoms in total. The van der Waals surface area contributed by atoms with Gasteiger partial charge in [-0.25, -0.2) is 4.98 Å². The third kappa shape index (κ3) is 2.04. The first kappa shape index (κ1) is 11.3. The first-order valence-corrected chi connectivity index (χ1v) is 5.12. The highest BCUT2D eigenvalue weighted by Gasteiger charge is 2.06. The molecule has 0 aliphatic carbocycles. The highest BCUT2D eigenvalue weighted by Crippen LogP contribution is 2.14. The predicted molar refractivity (Wildman–Crippen MR) is 70.5 cm³/mol. The molecule has 0 atom stereocenters. The van der Waals surface area contributed by atoms with Crippen molar-refractivity contribution in [2.75, 3.05) is 0 Å². The number of hydrogen-bond acceptors (Lipinski definition) is 4. The molecule has 2 rings (SSSR count). The summed E-state index contributed by atoms with van der Waals surface area (Å²) in [5.74, 6) is 0. The molecule has 0 aliphatic heterocycles. The van der Waals surface area contributed by atoms with Gasteiger partial charge in [0.2, 0.25) is 0 Å². The number of allylic oxidation sites excluding steroid dienone is 2. The number of para-hydroxylation sites is 1. The number of nitrogens with one attached hydrogen (secondary N) is 1. The van der Waals surface area contributed by atoms with Gasteiger partial charge in [0.25, 0.3) is 0 Å². The summed E-state index contributed by atoms with van der Waals surface area (Å²) >= 11 is 0. The molecule has 0 fully saturated rings. The minimum absolute atomic E-state index is 0.539. The summed E-state index contributed by atoms with van der Waals surface area (Å²) < 4.78 is 0. The van der Waals surface area contributed by atoms with Crippen LogP contribution in [-0.2, 0) is 0 Å². The van der Waals surface area contributed by atoms with Crippen LogP contribution in [0.3, 0.4) is 0 Å². The summed E-state index contributed by atoms with van der Waals surface area (Å²) in [4.78, 5) is 8.65. The van der Waals surface area contributed by atoms with E-state index < -0.39 is 0 Å². The molecule has 1 heterocycles. The summed E-state index contributed by atoms with van der Waals surface area (Å²) in [5, 5.41) is 7.32. The molecule has 0 aliphatic rings. The lowest BCUT2D eigenvalue weighted by molar-refractivity contribution is 1.23. The van der Waals surface area contributed by atoms with Crippen molar-refractivity contribution < 1.29 is 0 Å². The van der Waals surface area contributed by atoms with Crippen molar-refractivity contribution in [3.8, 4) is 0 Å². The molecule has 17 heavy (non-hydrogen) atoms. The van der Waals surface area contributed by atoms with Gasteiger partial charge in [-0.05, 0) is 13.0 Å². The average Bonchev–Trinajstić information content (AvgIpc) is 2.29. The van der Waals surface area contributed by atoms with Gasteiger partial charge in [-0.1, -0.05) is 17.6 Å². The van der Waals surface area contributed by atoms with Crippen LogP contribution in [-0.4, -0.2) is 24.0 Å². The van der Waals surface area contributed by atoms with Crippen molar-refractivity contribution in [3.63, 3.8) is 0 Å². The Labute approximate surface area is 100 Å². The van der Waals surface area contributed by atoms with E-state index in [0.29, 0.717) is 33.5 Å². The Bertz CT molecular complexity index is 615. The highest BCUT2D eigenvalue weighted by atomic mass is 14.8. The fraction of sp³-hybridized carbons (Fsp3) is 0.0833. The summed E-state index contributed by atoms with van der Waals surface area (Å²) in [6, 6.07) is 5.42. The topological polar surface area (TPSA) is 75.7 Å². The Morgan fingerprint density at radius 2 is 2.24 bits per heavy atom. The quantitative estimate of drug-likeness (QED) is 0.581. The van der Waals surface area contributed by atoms with Crippen LogP contribution in [0.15, 0.2) is 30.1 Å². The third-order valence-electron chi connectivity index (χ3n) is 2.45. The number of rotatable bonds is 2. The van der Waals surface area contributed by atoms with E-state index >= 15 is 0 Å². The third-order valence-corrected chi connectivity index (χ3v) is 2.45. The van der Waals surface area contributed by atoms with Crippen molar-refractivity contribution in [2.45, 2.75) is 6.92 Å². The fourth-order valence-electron chi connectivity index (χ4n) is 1.58. The Kier molecular flexibility index (Phi) is 2.91. The molecule has 0 saturated heterocycles. The van der Waals surface area contributed by atoms with Gasteiger partial charge in [-0.2, -0.15) is 0 Å². The summed E-state index contributed by atoms with van der Waals surface area (Å²) in [5.41, 5.74) is 9.33. The Hall–Kier alpha value is -2.17. The van der Waals surface area contributed by atoms with Gasteiger partial charge in [0.05, 0.1) is 22.9 Å². The van der Waals surface area contributed by atoms with Gasteiger partial charge >= 0.3 is 0 Å². The van der Waals surface area contributed by atoms with Crippen LogP contribution in [0.2, 0.25) is 0 Å². The minimum Gasteiger partial charge on any atom is -0.402 e. The Morgan fingerprint density at radius 3 is 2.88 bits per heavy atom. The van der Waals surface area contributed by atoms with Gasteiger partial charge < -0.3 is 11.1 Å². The van der Waals surface area contributed by atoms with Crippen LogP contribution in [0.25, 0.3) is 16.6 Å². The predicted octanol–water partition coefficient (Wildman–Crippen LogP) is 0.763. The minimum atomic E-state index is 0.539. The maximum atomic E-state index is 7.32. The maximum Gasteiger partial charge on any atom is 0.116 e. The molecule has 0 saturated carbocycles. The van der Waals surface area contributed by atoms with Crippen molar-refractivity contribution in [2.24, 2.45) is 5.73 Å². The van der Waals surface area contributed by atoms with Crippen molar-refractivity contribution in [1.29, 1.82) is 5.41 Å². The first-order chi connectivity index (χ1) is 8.13. The van der Waals surface area contributed by atoms with E-state index in [9.17, 15) is 0 Å². The molecule has 0 amide bonds. The first-order valence-electron chi connectivity index (χ1n) is 5.12. The molecule has 3 N–H and O–H groups in total. The monoisotopic (exact) mass is 222 g/mol. The zero-order valence-electron chi connectivity index (χ0n) is 9.44. The molecule has 2 radical (unpaired) electrons. The fourth-order valence-corrected chi connectivity index (χ4v) is 1.58. The van der Waals surface area contributed by atoms with Crippen LogP contribution in [0, 0.1) is 5.41 Å². The van der Waals surface area contributed by atoms with Crippen molar-refractivity contribution in [3.05, 3.63) is 35.8 Å². The molecule has 1 aromatic carbocycles. The Morgan fingerprint density at radius 1 is 1.47 bits per heavy atom. The van der Waals surface area contributed by atoms with E-state index in [4.69, 9.17) is 19.0 Å². The smallest absolute Gasteiger partial charge is 0.116 e. The lowest BCUT2D eigenvalue weighted by Crippen LogP contribution is -2.07. The van der Waals surface area contributed by atoms with E-state index in [1.807, 2.05) is 12.1 Å². The summed E-state index contributed by atoms with van der Waals surface area (Å²) in [6.45, 7) is 1.73. The van der Waals surface area contributed by atoms with Crippen LogP contribution in [0.5, 0.6) is 0 Å². The van der Waals surface area contributed by atoms with Crippen LogP contribution in [0.1, 0.15) is 12.6 Å². The molecule has 82 valence electrons. The lowest BCUT2D eigenvalue weighted by atomic mass is 9.94. The molecule has 0 spiro atoms. The molecule has 0 bridgehead atoms. The van der Waals surface area contributed by atoms with Gasteiger partial charge in [-0.3, -0.25) is 4.98 Å². The standard InChI is InChI=1S/C12H11BN4/c1-7(15)8(5-14)11-6-16-12-9(13)3-2-4-10(12)17-11/h2-6,14H,15H2,1H3. The second-order valence-corrected chi connectivity index (χ2v) is 3.71. The molecular formula is C12H11BN4. The SMILES string of the molecule is [B]c1cccc2nc(C(C=N)=C(C)N)cnc12. The number of hydrogen-bond donors (Lipinski definition) is 2. The zero-order valence-corrected chi connectivity index (χ0v) is 9.44.